The molecule has 0 aliphatic rings. The number of aliphatic hydroxyl groups excluding tert-OH is 2. The summed E-state index contributed by atoms with van der Waals surface area (Å²) >= 11 is 0. The fourth-order valence-corrected chi connectivity index (χ4v) is 1.00. The highest BCUT2D eigenvalue weighted by Crippen LogP contribution is 2.13. The molecule has 0 saturated carbocycles. The van der Waals surface area contributed by atoms with Crippen LogP contribution >= 0.6 is 0 Å². The first-order valence-corrected chi connectivity index (χ1v) is 3.99. The van der Waals surface area contributed by atoms with Gasteiger partial charge in [0.15, 0.2) is 0 Å². The van der Waals surface area contributed by atoms with Crippen molar-refractivity contribution in [2.75, 3.05) is 0 Å². The molecule has 62 valence electrons. The molecule has 0 saturated heterocycles. The molecule has 0 bridgehead atoms. The predicted molar refractivity (Wildman–Crippen MR) is 41.8 cm³/mol. The third-order valence-corrected chi connectivity index (χ3v) is 2.05. The first-order valence-electron chi connectivity index (χ1n) is 3.99. The van der Waals surface area contributed by atoms with E-state index >= 15 is 0 Å². The van der Waals surface area contributed by atoms with Crippen LogP contribution in [0.1, 0.15) is 33.6 Å². The van der Waals surface area contributed by atoms with Crippen LogP contribution < -0.4 is 0 Å². The van der Waals surface area contributed by atoms with Crippen molar-refractivity contribution in [1.29, 1.82) is 0 Å². The van der Waals surface area contributed by atoms with Crippen LogP contribution in [0.4, 0.5) is 0 Å². The van der Waals surface area contributed by atoms with Gasteiger partial charge in [0.05, 0.1) is 12.2 Å². The lowest BCUT2D eigenvalue weighted by molar-refractivity contribution is 0.0186. The average molecular weight is 146 g/mol. The van der Waals surface area contributed by atoms with Gasteiger partial charge in [0.25, 0.3) is 0 Å². The number of hydrogen-bond donors (Lipinski definition) is 2. The summed E-state index contributed by atoms with van der Waals surface area (Å²) in [7, 11) is 0. The molecule has 0 radical (unpaired) electrons. The molecule has 2 unspecified atom stereocenters. The van der Waals surface area contributed by atoms with Gasteiger partial charge < -0.3 is 10.2 Å². The van der Waals surface area contributed by atoms with Crippen molar-refractivity contribution in [3.63, 3.8) is 0 Å². The Kier molecular flexibility index (Phi) is 4.65. The second-order valence-electron chi connectivity index (χ2n) is 2.81. The molecular formula is C8H18O2. The van der Waals surface area contributed by atoms with Crippen LogP contribution in [0.15, 0.2) is 0 Å². The van der Waals surface area contributed by atoms with E-state index in [4.69, 9.17) is 0 Å². The minimum Gasteiger partial charge on any atom is -0.393 e. The van der Waals surface area contributed by atoms with Gasteiger partial charge in [0, 0.05) is 5.92 Å². The molecule has 0 heterocycles. The highest BCUT2D eigenvalue weighted by molar-refractivity contribution is 4.69. The zero-order valence-electron chi connectivity index (χ0n) is 7.04. The molecule has 2 N–H and O–H groups in total. The Morgan fingerprint density at radius 3 is 1.50 bits per heavy atom. The molecule has 0 aliphatic carbocycles. The molecule has 0 aliphatic heterocycles. The Balaban J connectivity index is 3.69. The SMILES string of the molecule is CCC(O)C(C)[C@H](O)CC. The molecule has 0 aromatic rings. The normalized spacial score (nSPS) is 20.1. The van der Waals surface area contributed by atoms with E-state index in [0.717, 1.165) is 12.8 Å². The summed E-state index contributed by atoms with van der Waals surface area (Å²) in [6.07, 6.45) is 0.737. The predicted octanol–water partition coefficient (Wildman–Crippen LogP) is 1.16. The molecule has 3 atom stereocenters. The van der Waals surface area contributed by atoms with Gasteiger partial charge in [-0.1, -0.05) is 20.8 Å². The van der Waals surface area contributed by atoms with Crippen molar-refractivity contribution in [3.8, 4) is 0 Å². The molecule has 2 heteroatoms. The van der Waals surface area contributed by atoms with Gasteiger partial charge in [-0.3, -0.25) is 0 Å². The Morgan fingerprint density at radius 1 is 1.00 bits per heavy atom. The Bertz CT molecular complexity index is 73.3. The zero-order chi connectivity index (χ0) is 8.15. The lowest BCUT2D eigenvalue weighted by Crippen LogP contribution is -2.28. The first kappa shape index (κ1) is 9.92. The Morgan fingerprint density at radius 2 is 1.30 bits per heavy atom. The van der Waals surface area contributed by atoms with Crippen molar-refractivity contribution in [2.45, 2.75) is 45.8 Å². The van der Waals surface area contributed by atoms with E-state index in [1.165, 1.54) is 0 Å². The van der Waals surface area contributed by atoms with E-state index in [-0.39, 0.29) is 18.1 Å². The number of aliphatic hydroxyl groups is 2. The lowest BCUT2D eigenvalue weighted by atomic mass is 9.95. The molecule has 0 aromatic carbocycles. The molecule has 10 heavy (non-hydrogen) atoms. The van der Waals surface area contributed by atoms with Crippen molar-refractivity contribution in [2.24, 2.45) is 5.92 Å². The van der Waals surface area contributed by atoms with Crippen molar-refractivity contribution < 1.29 is 10.2 Å². The van der Waals surface area contributed by atoms with Crippen molar-refractivity contribution in [1.82, 2.24) is 0 Å². The standard InChI is InChI=1S/C8H18O2/c1-4-7(9)6(3)8(10)5-2/h6-10H,4-5H2,1-3H3/t6?,7-,8?/m1/s1. The minimum atomic E-state index is -0.352. The topological polar surface area (TPSA) is 40.5 Å². The molecule has 0 rings (SSSR count). The monoisotopic (exact) mass is 146 g/mol. The summed E-state index contributed by atoms with van der Waals surface area (Å²) in [6.45, 7) is 5.72. The lowest BCUT2D eigenvalue weighted by Gasteiger charge is -2.21. The van der Waals surface area contributed by atoms with Gasteiger partial charge in [0.1, 0.15) is 0 Å². The Hall–Kier alpha value is -0.0800. The second-order valence-corrected chi connectivity index (χ2v) is 2.81. The molecule has 0 amide bonds. The molecular weight excluding hydrogens is 128 g/mol. The Labute approximate surface area is 62.9 Å². The van der Waals surface area contributed by atoms with Gasteiger partial charge in [0.2, 0.25) is 0 Å². The summed E-state index contributed by atoms with van der Waals surface area (Å²) < 4.78 is 0. The molecule has 2 nitrogen and oxygen atoms in total. The zero-order valence-corrected chi connectivity index (χ0v) is 7.04. The third kappa shape index (κ3) is 2.67. The third-order valence-electron chi connectivity index (χ3n) is 2.05. The molecule has 0 fully saturated rings. The van der Waals surface area contributed by atoms with E-state index in [2.05, 4.69) is 0 Å². The van der Waals surface area contributed by atoms with E-state index < -0.39 is 0 Å². The maximum absolute atomic E-state index is 9.27. The highest BCUT2D eigenvalue weighted by atomic mass is 16.3. The summed E-state index contributed by atoms with van der Waals surface area (Å²) in [6, 6.07) is 0. The summed E-state index contributed by atoms with van der Waals surface area (Å²) in [5.41, 5.74) is 0. The van der Waals surface area contributed by atoms with Crippen LogP contribution in [0, 0.1) is 5.92 Å². The maximum atomic E-state index is 9.27. The van der Waals surface area contributed by atoms with Crippen LogP contribution in [0.2, 0.25) is 0 Å². The minimum absolute atomic E-state index is 0.00926. The van der Waals surface area contributed by atoms with Gasteiger partial charge in [-0.2, -0.15) is 0 Å². The van der Waals surface area contributed by atoms with E-state index in [1.807, 2.05) is 20.8 Å². The second kappa shape index (κ2) is 4.69. The van der Waals surface area contributed by atoms with E-state index in [9.17, 15) is 10.2 Å². The summed E-state index contributed by atoms with van der Waals surface area (Å²) in [4.78, 5) is 0. The van der Waals surface area contributed by atoms with Crippen molar-refractivity contribution in [3.05, 3.63) is 0 Å². The van der Waals surface area contributed by atoms with Gasteiger partial charge >= 0.3 is 0 Å². The molecule has 0 spiro atoms. The van der Waals surface area contributed by atoms with E-state index in [1.54, 1.807) is 0 Å². The fourth-order valence-electron chi connectivity index (χ4n) is 1.00. The van der Waals surface area contributed by atoms with E-state index in [0.29, 0.717) is 0 Å². The van der Waals surface area contributed by atoms with Crippen LogP contribution in [0.5, 0.6) is 0 Å². The average Bonchev–Trinajstić information content (AvgIpc) is 2.00. The van der Waals surface area contributed by atoms with Crippen molar-refractivity contribution >= 4 is 0 Å². The van der Waals surface area contributed by atoms with Gasteiger partial charge in [-0.05, 0) is 12.8 Å². The van der Waals surface area contributed by atoms with Crippen LogP contribution in [0.25, 0.3) is 0 Å². The largest absolute Gasteiger partial charge is 0.393 e. The maximum Gasteiger partial charge on any atom is 0.0587 e. The summed E-state index contributed by atoms with van der Waals surface area (Å²) in [5, 5.41) is 18.5. The highest BCUT2D eigenvalue weighted by Gasteiger charge is 2.18. The summed E-state index contributed by atoms with van der Waals surface area (Å²) in [5.74, 6) is 0.00926. The molecule has 0 aromatic heterocycles. The smallest absolute Gasteiger partial charge is 0.0587 e. The van der Waals surface area contributed by atoms with Gasteiger partial charge in [-0.15, -0.1) is 0 Å². The van der Waals surface area contributed by atoms with Crippen LogP contribution in [-0.4, -0.2) is 22.4 Å². The quantitative estimate of drug-likeness (QED) is 0.625. The number of hydrogen-bond acceptors (Lipinski definition) is 2. The number of rotatable bonds is 4. The first-order chi connectivity index (χ1) is 4.63. The fraction of sp³-hybridized carbons (Fsp3) is 1.00. The van der Waals surface area contributed by atoms with Crippen LogP contribution in [0.3, 0.4) is 0 Å². The van der Waals surface area contributed by atoms with Crippen LogP contribution in [-0.2, 0) is 0 Å². The van der Waals surface area contributed by atoms with Gasteiger partial charge in [-0.25, -0.2) is 0 Å².